The molecule has 0 bridgehead atoms. The first-order valence-electron chi connectivity index (χ1n) is 6.94. The lowest BCUT2D eigenvalue weighted by Crippen LogP contribution is -2.44. The van der Waals surface area contributed by atoms with E-state index in [0.717, 1.165) is 22.9 Å². The van der Waals surface area contributed by atoms with E-state index >= 15 is 0 Å². The van der Waals surface area contributed by atoms with Crippen LogP contribution in [0.3, 0.4) is 0 Å². The standard InChI is InChI=1S/C14H20BrN3/c15-11-4-7-14(17-9-11)18(13-5-6-13)10-12-3-1-2-8-16-12/h4,7,9,12-13,16H,1-3,5-6,8,10H2. The number of halogens is 1. The summed E-state index contributed by atoms with van der Waals surface area (Å²) in [4.78, 5) is 7.05. The molecule has 1 saturated carbocycles. The first-order valence-corrected chi connectivity index (χ1v) is 7.74. The molecular formula is C14H20BrN3. The number of nitrogens with one attached hydrogen (secondary N) is 1. The second-order valence-corrected chi connectivity index (χ2v) is 6.28. The second-order valence-electron chi connectivity index (χ2n) is 5.36. The monoisotopic (exact) mass is 309 g/mol. The quantitative estimate of drug-likeness (QED) is 0.927. The largest absolute Gasteiger partial charge is 0.352 e. The van der Waals surface area contributed by atoms with Crippen molar-refractivity contribution in [3.63, 3.8) is 0 Å². The van der Waals surface area contributed by atoms with Crippen molar-refractivity contribution >= 4 is 21.7 Å². The van der Waals surface area contributed by atoms with Crippen LogP contribution in [0.5, 0.6) is 0 Å². The van der Waals surface area contributed by atoms with Crippen molar-refractivity contribution in [2.24, 2.45) is 0 Å². The van der Waals surface area contributed by atoms with Crippen LogP contribution in [-0.2, 0) is 0 Å². The van der Waals surface area contributed by atoms with Gasteiger partial charge in [-0.1, -0.05) is 6.42 Å². The minimum absolute atomic E-state index is 0.643. The minimum Gasteiger partial charge on any atom is -0.352 e. The number of rotatable bonds is 4. The summed E-state index contributed by atoms with van der Waals surface area (Å²) in [7, 11) is 0. The number of anilines is 1. The number of aromatic nitrogens is 1. The van der Waals surface area contributed by atoms with Gasteiger partial charge in [0.05, 0.1) is 0 Å². The van der Waals surface area contributed by atoms with Crippen molar-refractivity contribution < 1.29 is 0 Å². The lowest BCUT2D eigenvalue weighted by molar-refractivity contribution is 0.397. The van der Waals surface area contributed by atoms with Crippen LogP contribution in [0.4, 0.5) is 5.82 Å². The third-order valence-electron chi connectivity index (χ3n) is 3.82. The van der Waals surface area contributed by atoms with Crippen molar-refractivity contribution in [2.45, 2.75) is 44.2 Å². The fraction of sp³-hybridized carbons (Fsp3) is 0.643. The predicted octanol–water partition coefficient (Wildman–Crippen LogP) is 2.96. The summed E-state index contributed by atoms with van der Waals surface area (Å²) < 4.78 is 1.05. The first-order chi connectivity index (χ1) is 8.83. The minimum atomic E-state index is 0.643. The number of hydrogen-bond donors (Lipinski definition) is 1. The van der Waals surface area contributed by atoms with Crippen LogP contribution in [0.1, 0.15) is 32.1 Å². The van der Waals surface area contributed by atoms with Crippen LogP contribution in [0.25, 0.3) is 0 Å². The van der Waals surface area contributed by atoms with E-state index in [0.29, 0.717) is 6.04 Å². The number of nitrogens with zero attached hydrogens (tertiary/aromatic N) is 2. The van der Waals surface area contributed by atoms with Crippen molar-refractivity contribution in [3.8, 4) is 0 Å². The summed E-state index contributed by atoms with van der Waals surface area (Å²) in [5.41, 5.74) is 0. The van der Waals surface area contributed by atoms with Gasteiger partial charge < -0.3 is 10.2 Å². The molecule has 2 aliphatic rings. The average molecular weight is 310 g/mol. The van der Waals surface area contributed by atoms with Crippen LogP contribution >= 0.6 is 15.9 Å². The van der Waals surface area contributed by atoms with Crippen LogP contribution < -0.4 is 10.2 Å². The van der Waals surface area contributed by atoms with Gasteiger partial charge in [0.1, 0.15) is 5.82 Å². The molecule has 18 heavy (non-hydrogen) atoms. The summed E-state index contributed by atoms with van der Waals surface area (Å²) in [6, 6.07) is 5.59. The van der Waals surface area contributed by atoms with Gasteiger partial charge in [-0.05, 0) is 60.3 Å². The molecule has 1 aliphatic carbocycles. The summed E-state index contributed by atoms with van der Waals surface area (Å²) in [5, 5.41) is 3.63. The van der Waals surface area contributed by atoms with Crippen molar-refractivity contribution in [1.82, 2.24) is 10.3 Å². The molecule has 1 saturated heterocycles. The van der Waals surface area contributed by atoms with E-state index in [4.69, 9.17) is 0 Å². The Hall–Kier alpha value is -0.610. The zero-order valence-electron chi connectivity index (χ0n) is 10.6. The van der Waals surface area contributed by atoms with E-state index < -0.39 is 0 Å². The molecule has 0 spiro atoms. The molecule has 0 aromatic carbocycles. The van der Waals surface area contributed by atoms with Gasteiger partial charge in [-0.2, -0.15) is 0 Å². The van der Waals surface area contributed by atoms with Gasteiger partial charge in [0.15, 0.2) is 0 Å². The van der Waals surface area contributed by atoms with Crippen LogP contribution in [0, 0.1) is 0 Å². The SMILES string of the molecule is Brc1ccc(N(CC2CCCCN2)C2CC2)nc1. The maximum atomic E-state index is 4.56. The maximum Gasteiger partial charge on any atom is 0.128 e. The van der Waals surface area contributed by atoms with Crippen molar-refractivity contribution in [2.75, 3.05) is 18.0 Å². The Bertz CT molecular complexity index is 383. The summed E-state index contributed by atoms with van der Waals surface area (Å²) in [6.45, 7) is 2.29. The third kappa shape index (κ3) is 3.04. The van der Waals surface area contributed by atoms with Crippen molar-refractivity contribution in [1.29, 1.82) is 0 Å². The first kappa shape index (κ1) is 12.4. The van der Waals surface area contributed by atoms with E-state index in [1.165, 1.54) is 38.6 Å². The molecule has 4 heteroatoms. The summed E-state index contributed by atoms with van der Waals surface area (Å²) in [6.07, 6.45) is 8.55. The van der Waals surface area contributed by atoms with E-state index in [1.54, 1.807) is 0 Å². The molecule has 1 unspecified atom stereocenters. The van der Waals surface area contributed by atoms with Gasteiger partial charge in [0.2, 0.25) is 0 Å². The smallest absolute Gasteiger partial charge is 0.128 e. The maximum absolute atomic E-state index is 4.56. The van der Waals surface area contributed by atoms with Crippen LogP contribution in [0.15, 0.2) is 22.8 Å². The molecule has 1 aromatic rings. The Morgan fingerprint density at radius 2 is 2.17 bits per heavy atom. The average Bonchev–Trinajstić information content (AvgIpc) is 3.23. The number of pyridine rings is 1. The highest BCUT2D eigenvalue weighted by Crippen LogP contribution is 2.31. The zero-order valence-corrected chi connectivity index (χ0v) is 12.2. The van der Waals surface area contributed by atoms with E-state index in [-0.39, 0.29) is 0 Å². The molecule has 1 N–H and O–H groups in total. The molecule has 3 nitrogen and oxygen atoms in total. The molecule has 2 heterocycles. The Labute approximate surface area is 117 Å². The topological polar surface area (TPSA) is 28.2 Å². The fourth-order valence-electron chi connectivity index (χ4n) is 2.67. The molecule has 1 aromatic heterocycles. The summed E-state index contributed by atoms with van der Waals surface area (Å²) in [5.74, 6) is 1.13. The van der Waals surface area contributed by atoms with Gasteiger partial charge in [0.25, 0.3) is 0 Å². The Balaban J connectivity index is 1.69. The molecule has 98 valence electrons. The highest BCUT2D eigenvalue weighted by atomic mass is 79.9. The van der Waals surface area contributed by atoms with Gasteiger partial charge in [-0.15, -0.1) is 0 Å². The molecule has 1 aliphatic heterocycles. The zero-order chi connectivity index (χ0) is 12.4. The molecule has 3 rings (SSSR count). The second kappa shape index (κ2) is 5.57. The number of hydrogen-bond acceptors (Lipinski definition) is 3. The third-order valence-corrected chi connectivity index (χ3v) is 4.29. The molecule has 1 atom stereocenters. The van der Waals surface area contributed by atoms with Gasteiger partial charge in [-0.25, -0.2) is 4.98 Å². The van der Waals surface area contributed by atoms with Gasteiger partial charge >= 0.3 is 0 Å². The van der Waals surface area contributed by atoms with Crippen LogP contribution in [-0.4, -0.2) is 30.2 Å². The lowest BCUT2D eigenvalue weighted by Gasteiger charge is -2.31. The van der Waals surface area contributed by atoms with E-state index in [9.17, 15) is 0 Å². The van der Waals surface area contributed by atoms with Gasteiger partial charge in [0, 0.05) is 29.3 Å². The Morgan fingerprint density at radius 1 is 1.28 bits per heavy atom. The van der Waals surface area contributed by atoms with Crippen LogP contribution in [0.2, 0.25) is 0 Å². The van der Waals surface area contributed by atoms with Crippen molar-refractivity contribution in [3.05, 3.63) is 22.8 Å². The molecular weight excluding hydrogens is 290 g/mol. The molecule has 0 radical (unpaired) electrons. The Morgan fingerprint density at radius 3 is 2.78 bits per heavy atom. The Kier molecular flexibility index (Phi) is 3.85. The lowest BCUT2D eigenvalue weighted by atomic mass is 10.0. The number of piperidine rings is 1. The van der Waals surface area contributed by atoms with Gasteiger partial charge in [-0.3, -0.25) is 0 Å². The van der Waals surface area contributed by atoms with E-state index in [1.807, 2.05) is 6.20 Å². The fourth-order valence-corrected chi connectivity index (χ4v) is 2.91. The molecule has 2 fully saturated rings. The normalized spacial score (nSPS) is 23.9. The van der Waals surface area contributed by atoms with E-state index in [2.05, 4.69) is 43.3 Å². The highest BCUT2D eigenvalue weighted by Gasteiger charge is 2.31. The molecule has 0 amide bonds. The highest BCUT2D eigenvalue weighted by molar-refractivity contribution is 9.10. The summed E-state index contributed by atoms with van der Waals surface area (Å²) >= 11 is 3.45. The predicted molar refractivity (Wildman–Crippen MR) is 77.9 cm³/mol.